The summed E-state index contributed by atoms with van der Waals surface area (Å²) in [5, 5.41) is 17.2. The summed E-state index contributed by atoms with van der Waals surface area (Å²) in [4.78, 5) is 23.0. The molecule has 0 atom stereocenters. The summed E-state index contributed by atoms with van der Waals surface area (Å²) in [6.07, 6.45) is 3.35. The molecule has 6 heteroatoms. The first-order chi connectivity index (χ1) is 9.65. The molecule has 0 radical (unpaired) electrons. The lowest BCUT2D eigenvalue weighted by molar-refractivity contribution is -0.131. The SMILES string of the molecule is O=C(O)C=Cc1cc(C(=O)NCCc2ccsc2)cs1. The third kappa shape index (κ3) is 4.32. The van der Waals surface area contributed by atoms with Crippen LogP contribution >= 0.6 is 22.7 Å². The van der Waals surface area contributed by atoms with Crippen molar-refractivity contribution in [1.29, 1.82) is 0 Å². The fourth-order valence-electron chi connectivity index (χ4n) is 1.57. The van der Waals surface area contributed by atoms with E-state index in [1.807, 2.05) is 11.4 Å². The van der Waals surface area contributed by atoms with E-state index >= 15 is 0 Å². The van der Waals surface area contributed by atoms with E-state index in [-0.39, 0.29) is 5.91 Å². The fourth-order valence-corrected chi connectivity index (χ4v) is 3.05. The van der Waals surface area contributed by atoms with Crippen LogP contribution in [0.25, 0.3) is 6.08 Å². The number of thiophene rings is 2. The Morgan fingerprint density at radius 1 is 1.35 bits per heavy atom. The molecule has 0 aromatic carbocycles. The zero-order chi connectivity index (χ0) is 14.4. The Bertz CT molecular complexity index is 614. The smallest absolute Gasteiger partial charge is 0.328 e. The molecule has 0 aliphatic carbocycles. The maximum atomic E-state index is 11.9. The van der Waals surface area contributed by atoms with Gasteiger partial charge in [0.05, 0.1) is 5.56 Å². The number of carboxylic acid groups (broad SMARTS) is 1. The first-order valence-corrected chi connectivity index (χ1v) is 7.76. The number of carboxylic acids is 1. The number of hydrogen-bond donors (Lipinski definition) is 2. The highest BCUT2D eigenvalue weighted by Gasteiger charge is 2.07. The van der Waals surface area contributed by atoms with Crippen molar-refractivity contribution in [3.8, 4) is 0 Å². The lowest BCUT2D eigenvalue weighted by Crippen LogP contribution is -2.25. The molecule has 2 aromatic rings. The second kappa shape index (κ2) is 7.02. The zero-order valence-electron chi connectivity index (χ0n) is 10.5. The molecule has 0 unspecified atom stereocenters. The summed E-state index contributed by atoms with van der Waals surface area (Å²) in [6, 6.07) is 3.72. The highest BCUT2D eigenvalue weighted by Crippen LogP contribution is 2.16. The number of rotatable bonds is 6. The van der Waals surface area contributed by atoms with Crippen molar-refractivity contribution in [3.63, 3.8) is 0 Å². The molecule has 0 spiro atoms. The number of hydrogen-bond acceptors (Lipinski definition) is 4. The molecule has 0 bridgehead atoms. The summed E-state index contributed by atoms with van der Waals surface area (Å²) < 4.78 is 0. The molecule has 0 saturated heterocycles. The molecule has 2 heterocycles. The molecule has 1 amide bonds. The van der Waals surface area contributed by atoms with E-state index in [0.29, 0.717) is 12.1 Å². The molecule has 0 saturated carbocycles. The molecule has 2 N–H and O–H groups in total. The maximum Gasteiger partial charge on any atom is 0.328 e. The van der Waals surface area contributed by atoms with Gasteiger partial charge < -0.3 is 10.4 Å². The molecule has 2 rings (SSSR count). The van der Waals surface area contributed by atoms with Gasteiger partial charge in [-0.05, 0) is 41.0 Å². The maximum absolute atomic E-state index is 11.9. The van der Waals surface area contributed by atoms with E-state index in [9.17, 15) is 9.59 Å². The van der Waals surface area contributed by atoms with Gasteiger partial charge in [-0.2, -0.15) is 11.3 Å². The second-order valence-electron chi connectivity index (χ2n) is 4.05. The Hall–Kier alpha value is -1.92. The van der Waals surface area contributed by atoms with E-state index in [2.05, 4.69) is 10.7 Å². The number of amides is 1. The first-order valence-electron chi connectivity index (χ1n) is 5.94. The molecule has 2 aromatic heterocycles. The average molecular weight is 307 g/mol. The summed E-state index contributed by atoms with van der Waals surface area (Å²) in [5.74, 6) is -1.13. The van der Waals surface area contributed by atoms with Crippen molar-refractivity contribution in [2.45, 2.75) is 6.42 Å². The lowest BCUT2D eigenvalue weighted by atomic mass is 10.2. The van der Waals surface area contributed by atoms with E-state index in [4.69, 9.17) is 5.11 Å². The molecular weight excluding hydrogens is 294 g/mol. The normalized spacial score (nSPS) is 10.8. The summed E-state index contributed by atoms with van der Waals surface area (Å²) in [7, 11) is 0. The second-order valence-corrected chi connectivity index (χ2v) is 5.77. The Morgan fingerprint density at radius 2 is 2.20 bits per heavy atom. The Balaban J connectivity index is 1.84. The molecule has 0 aliphatic heterocycles. The van der Waals surface area contributed by atoms with Crippen LogP contribution in [0.3, 0.4) is 0 Å². The number of carbonyl (C=O) groups is 2. The minimum absolute atomic E-state index is 0.133. The number of nitrogens with one attached hydrogen (secondary N) is 1. The van der Waals surface area contributed by atoms with Crippen molar-refractivity contribution < 1.29 is 14.7 Å². The third-order valence-electron chi connectivity index (χ3n) is 2.55. The van der Waals surface area contributed by atoms with Crippen LogP contribution in [0.5, 0.6) is 0 Å². The van der Waals surface area contributed by atoms with Crippen LogP contribution in [0.15, 0.2) is 34.3 Å². The Kier molecular flexibility index (Phi) is 5.09. The van der Waals surface area contributed by atoms with Gasteiger partial charge in [-0.1, -0.05) is 0 Å². The van der Waals surface area contributed by atoms with Gasteiger partial charge in [0.15, 0.2) is 0 Å². The monoisotopic (exact) mass is 307 g/mol. The fraction of sp³-hybridized carbons (Fsp3) is 0.143. The van der Waals surface area contributed by atoms with Gasteiger partial charge in [-0.15, -0.1) is 11.3 Å². The van der Waals surface area contributed by atoms with Crippen LogP contribution < -0.4 is 5.32 Å². The van der Waals surface area contributed by atoms with Crippen LogP contribution in [0.2, 0.25) is 0 Å². The number of aliphatic carboxylic acids is 1. The van der Waals surface area contributed by atoms with Crippen molar-refractivity contribution in [2.24, 2.45) is 0 Å². The Labute approximate surface area is 124 Å². The van der Waals surface area contributed by atoms with Crippen LogP contribution in [-0.2, 0) is 11.2 Å². The van der Waals surface area contributed by atoms with Gasteiger partial charge in [0, 0.05) is 22.9 Å². The average Bonchev–Trinajstić information content (AvgIpc) is 3.07. The standard InChI is InChI=1S/C14H13NO3S2/c16-13(17)2-1-12-7-11(9-20-12)14(18)15-5-3-10-4-6-19-8-10/h1-2,4,6-9H,3,5H2,(H,15,18)(H,16,17). The van der Waals surface area contributed by atoms with Crippen molar-refractivity contribution >= 4 is 40.6 Å². The molecule has 4 nitrogen and oxygen atoms in total. The lowest BCUT2D eigenvalue weighted by Gasteiger charge is -2.02. The molecular formula is C14H13NO3S2. The van der Waals surface area contributed by atoms with Gasteiger partial charge in [0.25, 0.3) is 5.91 Å². The van der Waals surface area contributed by atoms with Crippen molar-refractivity contribution in [1.82, 2.24) is 5.32 Å². The number of carbonyl (C=O) groups excluding carboxylic acids is 1. The summed E-state index contributed by atoms with van der Waals surface area (Å²) in [5.41, 5.74) is 1.77. The zero-order valence-corrected chi connectivity index (χ0v) is 12.2. The molecule has 20 heavy (non-hydrogen) atoms. The van der Waals surface area contributed by atoms with Gasteiger partial charge >= 0.3 is 5.97 Å². The predicted molar refractivity (Wildman–Crippen MR) is 81.3 cm³/mol. The third-order valence-corrected chi connectivity index (χ3v) is 4.18. The van der Waals surface area contributed by atoms with Crippen LogP contribution in [-0.4, -0.2) is 23.5 Å². The van der Waals surface area contributed by atoms with E-state index in [1.54, 1.807) is 22.8 Å². The minimum atomic E-state index is -1.000. The quantitative estimate of drug-likeness (QED) is 0.806. The first kappa shape index (κ1) is 14.5. The summed E-state index contributed by atoms with van der Waals surface area (Å²) >= 11 is 2.98. The highest BCUT2D eigenvalue weighted by atomic mass is 32.1. The molecule has 104 valence electrons. The van der Waals surface area contributed by atoms with Crippen LogP contribution in [0, 0.1) is 0 Å². The molecule has 0 aliphatic rings. The van der Waals surface area contributed by atoms with E-state index in [1.165, 1.54) is 23.0 Å². The largest absolute Gasteiger partial charge is 0.478 e. The topological polar surface area (TPSA) is 66.4 Å². The van der Waals surface area contributed by atoms with Crippen molar-refractivity contribution in [2.75, 3.05) is 6.54 Å². The highest BCUT2D eigenvalue weighted by molar-refractivity contribution is 7.11. The summed E-state index contributed by atoms with van der Waals surface area (Å²) in [6.45, 7) is 0.589. The predicted octanol–water partition coefficient (Wildman–Crippen LogP) is 2.88. The van der Waals surface area contributed by atoms with Gasteiger partial charge in [-0.25, -0.2) is 4.79 Å². The van der Waals surface area contributed by atoms with E-state index < -0.39 is 5.97 Å². The van der Waals surface area contributed by atoms with Crippen LogP contribution in [0.4, 0.5) is 0 Å². The van der Waals surface area contributed by atoms with Gasteiger partial charge in [-0.3, -0.25) is 4.79 Å². The van der Waals surface area contributed by atoms with E-state index in [0.717, 1.165) is 17.4 Å². The Morgan fingerprint density at radius 3 is 2.90 bits per heavy atom. The van der Waals surface area contributed by atoms with Crippen LogP contribution in [0.1, 0.15) is 20.8 Å². The van der Waals surface area contributed by atoms with Gasteiger partial charge in [0.2, 0.25) is 0 Å². The van der Waals surface area contributed by atoms with Gasteiger partial charge in [0.1, 0.15) is 0 Å². The minimum Gasteiger partial charge on any atom is -0.478 e. The van der Waals surface area contributed by atoms with Crippen molar-refractivity contribution in [3.05, 3.63) is 50.4 Å². The molecule has 0 fully saturated rings.